The Kier molecular flexibility index (Phi) is 2.90. The van der Waals surface area contributed by atoms with Crippen molar-refractivity contribution in [3.8, 4) is 0 Å². The van der Waals surface area contributed by atoms with Crippen molar-refractivity contribution in [3.63, 3.8) is 0 Å². The molecular formula is C12H12FN5S. The summed E-state index contributed by atoms with van der Waals surface area (Å²) in [6.07, 6.45) is 1.71. The van der Waals surface area contributed by atoms with Gasteiger partial charge in [-0.2, -0.15) is 0 Å². The molecule has 2 aromatic rings. The molecule has 1 aliphatic rings. The molecule has 0 radical (unpaired) electrons. The fourth-order valence-electron chi connectivity index (χ4n) is 2.25. The normalized spacial score (nSPS) is 14.3. The minimum absolute atomic E-state index is 0.196. The molecule has 0 atom stereocenters. The molecule has 5 nitrogen and oxygen atoms in total. The summed E-state index contributed by atoms with van der Waals surface area (Å²) in [7, 11) is 0. The lowest BCUT2D eigenvalue weighted by molar-refractivity contribution is 0.559. The molecule has 0 aliphatic carbocycles. The fraction of sp³-hybridized carbons (Fsp3) is 0.250. The Balaban J connectivity index is 1.98. The number of nitrogens with two attached hydrogens (primary N) is 1. The molecule has 0 saturated heterocycles. The van der Waals surface area contributed by atoms with Gasteiger partial charge in [-0.15, -0.1) is 10.2 Å². The van der Waals surface area contributed by atoms with Crippen LogP contribution in [0.2, 0.25) is 0 Å². The lowest BCUT2D eigenvalue weighted by Crippen LogP contribution is -2.35. The summed E-state index contributed by atoms with van der Waals surface area (Å²) in [5, 5.41) is 7.94. The van der Waals surface area contributed by atoms with E-state index in [1.165, 1.54) is 12.1 Å². The zero-order chi connectivity index (χ0) is 13.4. The van der Waals surface area contributed by atoms with Crippen molar-refractivity contribution in [2.75, 3.05) is 11.4 Å². The van der Waals surface area contributed by atoms with Gasteiger partial charge in [0.25, 0.3) is 0 Å². The van der Waals surface area contributed by atoms with Gasteiger partial charge in [-0.25, -0.2) is 4.39 Å². The zero-order valence-corrected chi connectivity index (χ0v) is 10.9. The Hall–Kier alpha value is -2.02. The van der Waals surface area contributed by atoms with Crippen LogP contribution in [0.15, 0.2) is 24.5 Å². The van der Waals surface area contributed by atoms with Crippen LogP contribution in [0.1, 0.15) is 11.4 Å². The second kappa shape index (κ2) is 4.58. The summed E-state index contributed by atoms with van der Waals surface area (Å²) in [5.74, 6) is 0.538. The molecule has 0 fully saturated rings. The van der Waals surface area contributed by atoms with Crippen LogP contribution in [-0.2, 0) is 13.1 Å². The van der Waals surface area contributed by atoms with E-state index in [4.69, 9.17) is 18.0 Å². The number of hydrogen-bond acceptors (Lipinski definition) is 4. The topological polar surface area (TPSA) is 60.0 Å². The van der Waals surface area contributed by atoms with Crippen LogP contribution in [0, 0.1) is 5.82 Å². The summed E-state index contributed by atoms with van der Waals surface area (Å²) in [4.78, 5) is 2.28. The van der Waals surface area contributed by atoms with Crippen molar-refractivity contribution < 1.29 is 4.39 Å². The average Bonchev–Trinajstić information content (AvgIpc) is 2.85. The highest BCUT2D eigenvalue weighted by Crippen LogP contribution is 2.25. The molecule has 0 bridgehead atoms. The first-order chi connectivity index (χ1) is 9.15. The van der Waals surface area contributed by atoms with Crippen molar-refractivity contribution in [1.29, 1.82) is 0 Å². The van der Waals surface area contributed by atoms with Gasteiger partial charge < -0.3 is 15.2 Å². The Morgan fingerprint density at radius 1 is 1.37 bits per heavy atom. The average molecular weight is 277 g/mol. The third kappa shape index (κ3) is 2.17. The maximum absolute atomic E-state index is 13.3. The van der Waals surface area contributed by atoms with E-state index in [-0.39, 0.29) is 10.8 Å². The number of halogens is 1. The highest BCUT2D eigenvalue weighted by atomic mass is 32.1. The van der Waals surface area contributed by atoms with E-state index in [1.54, 1.807) is 12.4 Å². The molecule has 1 aromatic carbocycles. The quantitative estimate of drug-likeness (QED) is 0.832. The maximum Gasteiger partial charge on any atom is 0.152 e. The van der Waals surface area contributed by atoms with E-state index in [0.717, 1.165) is 24.6 Å². The van der Waals surface area contributed by atoms with Gasteiger partial charge in [-0.1, -0.05) is 12.2 Å². The van der Waals surface area contributed by atoms with Crippen LogP contribution in [0.3, 0.4) is 0 Å². The minimum atomic E-state index is -0.341. The summed E-state index contributed by atoms with van der Waals surface area (Å²) >= 11 is 4.99. The van der Waals surface area contributed by atoms with Gasteiger partial charge in [0.15, 0.2) is 5.82 Å². The number of aromatic nitrogens is 3. The lowest BCUT2D eigenvalue weighted by Gasteiger charge is -2.30. The van der Waals surface area contributed by atoms with Crippen molar-refractivity contribution in [2.24, 2.45) is 5.73 Å². The van der Waals surface area contributed by atoms with Crippen molar-refractivity contribution >= 4 is 22.9 Å². The number of nitrogens with zero attached hydrogens (tertiary/aromatic N) is 4. The molecule has 98 valence electrons. The van der Waals surface area contributed by atoms with Crippen LogP contribution >= 0.6 is 12.2 Å². The standard InChI is InChI=1S/C12H12FN5S/c13-8-1-2-10(9(5-8)12(14)19)17-3-4-18-7-15-16-11(18)6-17/h1-2,5,7H,3-4,6H2,(H2,14,19). The Morgan fingerprint density at radius 3 is 3.00 bits per heavy atom. The van der Waals surface area contributed by atoms with Crippen LogP contribution in [0.4, 0.5) is 10.1 Å². The predicted octanol–water partition coefficient (Wildman–Crippen LogP) is 1.07. The molecular weight excluding hydrogens is 265 g/mol. The monoisotopic (exact) mass is 277 g/mol. The summed E-state index contributed by atoms with van der Waals surface area (Å²) < 4.78 is 15.3. The smallest absolute Gasteiger partial charge is 0.152 e. The Labute approximate surface area is 114 Å². The zero-order valence-electron chi connectivity index (χ0n) is 10.1. The number of hydrogen-bond donors (Lipinski definition) is 1. The summed E-state index contributed by atoms with van der Waals surface area (Å²) in [6, 6.07) is 4.49. The molecule has 2 heterocycles. The first kappa shape index (κ1) is 12.0. The summed E-state index contributed by atoms with van der Waals surface area (Å²) in [5.41, 5.74) is 7.06. The molecule has 19 heavy (non-hydrogen) atoms. The molecule has 1 aromatic heterocycles. The van der Waals surface area contributed by atoms with Gasteiger partial charge in [0, 0.05) is 24.3 Å². The molecule has 1 aliphatic heterocycles. The first-order valence-corrected chi connectivity index (χ1v) is 6.27. The van der Waals surface area contributed by atoms with E-state index in [2.05, 4.69) is 15.1 Å². The van der Waals surface area contributed by atoms with Crippen LogP contribution < -0.4 is 10.6 Å². The van der Waals surface area contributed by atoms with Crippen LogP contribution in [0.5, 0.6) is 0 Å². The Bertz CT molecular complexity index is 639. The lowest BCUT2D eigenvalue weighted by atomic mass is 10.1. The van der Waals surface area contributed by atoms with E-state index < -0.39 is 0 Å². The molecule has 0 saturated carbocycles. The van der Waals surface area contributed by atoms with Gasteiger partial charge in [-0.05, 0) is 18.2 Å². The summed E-state index contributed by atoms with van der Waals surface area (Å²) in [6.45, 7) is 2.18. The van der Waals surface area contributed by atoms with Gasteiger partial charge in [0.1, 0.15) is 17.1 Å². The van der Waals surface area contributed by atoms with E-state index in [1.807, 2.05) is 4.57 Å². The fourth-order valence-corrected chi connectivity index (χ4v) is 2.42. The van der Waals surface area contributed by atoms with Gasteiger partial charge in [0.05, 0.1) is 6.54 Å². The second-order valence-electron chi connectivity index (χ2n) is 4.39. The molecule has 0 amide bonds. The van der Waals surface area contributed by atoms with E-state index in [9.17, 15) is 4.39 Å². The third-order valence-corrected chi connectivity index (χ3v) is 3.42. The minimum Gasteiger partial charge on any atom is -0.389 e. The van der Waals surface area contributed by atoms with Crippen LogP contribution in [0.25, 0.3) is 0 Å². The number of fused-ring (bicyclic) bond motifs is 1. The third-order valence-electron chi connectivity index (χ3n) is 3.20. The van der Waals surface area contributed by atoms with Crippen LogP contribution in [-0.4, -0.2) is 26.3 Å². The second-order valence-corrected chi connectivity index (χ2v) is 4.83. The predicted molar refractivity (Wildman–Crippen MR) is 73.4 cm³/mol. The van der Waals surface area contributed by atoms with E-state index >= 15 is 0 Å². The molecule has 2 N–H and O–H groups in total. The highest BCUT2D eigenvalue weighted by Gasteiger charge is 2.20. The largest absolute Gasteiger partial charge is 0.389 e. The molecule has 3 rings (SSSR count). The molecule has 0 unspecified atom stereocenters. The SMILES string of the molecule is NC(=S)c1cc(F)ccc1N1CCn2cnnc2C1. The number of anilines is 1. The van der Waals surface area contributed by atoms with Gasteiger partial charge in [-0.3, -0.25) is 0 Å². The highest BCUT2D eigenvalue weighted by molar-refractivity contribution is 7.80. The molecule has 0 spiro atoms. The number of rotatable bonds is 2. The van der Waals surface area contributed by atoms with Crippen molar-refractivity contribution in [2.45, 2.75) is 13.1 Å². The van der Waals surface area contributed by atoms with Gasteiger partial charge in [0.2, 0.25) is 0 Å². The van der Waals surface area contributed by atoms with E-state index in [0.29, 0.717) is 12.1 Å². The van der Waals surface area contributed by atoms with Crippen molar-refractivity contribution in [1.82, 2.24) is 14.8 Å². The Morgan fingerprint density at radius 2 is 2.21 bits per heavy atom. The maximum atomic E-state index is 13.3. The van der Waals surface area contributed by atoms with Crippen molar-refractivity contribution in [3.05, 3.63) is 41.7 Å². The molecule has 7 heteroatoms. The number of thiocarbonyl (C=S) groups is 1. The first-order valence-electron chi connectivity index (χ1n) is 5.86. The number of benzene rings is 1. The van der Waals surface area contributed by atoms with Gasteiger partial charge >= 0.3 is 0 Å².